The van der Waals surface area contributed by atoms with Crippen LogP contribution in [0.25, 0.3) is 0 Å². The molecule has 1 N–H and O–H groups in total. The van der Waals surface area contributed by atoms with Gasteiger partial charge < -0.3 is 4.90 Å². The Morgan fingerprint density at radius 2 is 1.89 bits per heavy atom. The van der Waals surface area contributed by atoms with Crippen LogP contribution in [0.15, 0.2) is 30.3 Å². The molecule has 2 saturated heterocycles. The Morgan fingerprint density at radius 3 is 2.57 bits per heavy atom. The van der Waals surface area contributed by atoms with E-state index < -0.39 is 10.0 Å². The van der Waals surface area contributed by atoms with E-state index in [9.17, 15) is 13.2 Å². The van der Waals surface area contributed by atoms with Crippen molar-refractivity contribution in [1.82, 2.24) is 14.5 Å². The molecule has 154 valence electrons. The van der Waals surface area contributed by atoms with Gasteiger partial charge in [0.1, 0.15) is 0 Å². The van der Waals surface area contributed by atoms with Crippen molar-refractivity contribution in [2.24, 2.45) is 11.3 Å². The maximum atomic E-state index is 12.7. The van der Waals surface area contributed by atoms with E-state index in [0.717, 1.165) is 26.1 Å². The average molecular weight is 406 g/mol. The number of hydrogen-bond donors (Lipinski definition) is 1. The molecule has 1 saturated carbocycles. The van der Waals surface area contributed by atoms with Crippen LogP contribution in [-0.2, 0) is 21.4 Å². The Bertz CT molecular complexity index is 809. The smallest absolute Gasteiger partial charge is 0.222 e. The van der Waals surface area contributed by atoms with E-state index in [-0.39, 0.29) is 17.4 Å². The number of piperidine rings is 1. The molecule has 1 spiro atoms. The van der Waals surface area contributed by atoms with Crippen LogP contribution < -0.4 is 4.72 Å². The molecule has 4 rings (SSSR count). The molecule has 0 aromatic heterocycles. The topological polar surface area (TPSA) is 69.7 Å². The Kier molecular flexibility index (Phi) is 5.51. The average Bonchev–Trinajstić information content (AvgIpc) is 3.37. The van der Waals surface area contributed by atoms with Crippen LogP contribution in [0.3, 0.4) is 0 Å². The maximum absolute atomic E-state index is 12.7. The Morgan fingerprint density at radius 1 is 1.14 bits per heavy atom. The van der Waals surface area contributed by atoms with Crippen molar-refractivity contribution >= 4 is 15.9 Å². The maximum Gasteiger partial charge on any atom is 0.222 e. The minimum absolute atomic E-state index is 0.103. The summed E-state index contributed by atoms with van der Waals surface area (Å²) in [5.74, 6) is 0.828. The number of carbonyl (C=O) groups excluding carboxylic acids is 1. The van der Waals surface area contributed by atoms with Gasteiger partial charge in [0.2, 0.25) is 15.9 Å². The third-order valence-electron chi connectivity index (χ3n) is 6.52. The third kappa shape index (κ3) is 4.75. The molecular formula is C21H31N3O3S. The van der Waals surface area contributed by atoms with Crippen LogP contribution in [-0.4, -0.2) is 62.6 Å². The Labute approximate surface area is 168 Å². The molecule has 0 radical (unpaired) electrons. The fraction of sp³-hybridized carbons (Fsp3) is 0.667. The highest BCUT2D eigenvalue weighted by Gasteiger charge is 2.49. The van der Waals surface area contributed by atoms with Crippen molar-refractivity contribution in [3.63, 3.8) is 0 Å². The molecule has 1 aromatic rings. The number of hydrogen-bond acceptors (Lipinski definition) is 4. The van der Waals surface area contributed by atoms with Crippen molar-refractivity contribution in [3.05, 3.63) is 35.9 Å². The number of sulfonamides is 1. The number of likely N-dealkylation sites (tertiary alicyclic amines) is 2. The van der Waals surface area contributed by atoms with Gasteiger partial charge in [-0.05, 0) is 43.7 Å². The molecule has 0 unspecified atom stereocenters. The van der Waals surface area contributed by atoms with E-state index in [1.54, 1.807) is 0 Å². The number of carbonyl (C=O) groups is 1. The molecule has 6 nitrogen and oxygen atoms in total. The second-order valence-electron chi connectivity index (χ2n) is 9.00. The molecule has 2 atom stereocenters. The van der Waals surface area contributed by atoms with Gasteiger partial charge in [-0.2, -0.15) is 0 Å². The van der Waals surface area contributed by atoms with Gasteiger partial charge in [-0.1, -0.05) is 30.3 Å². The molecular weight excluding hydrogens is 374 g/mol. The second kappa shape index (κ2) is 7.76. The van der Waals surface area contributed by atoms with E-state index in [2.05, 4.69) is 21.8 Å². The molecule has 0 bridgehead atoms. The van der Waals surface area contributed by atoms with Gasteiger partial charge in [0, 0.05) is 44.1 Å². The summed E-state index contributed by atoms with van der Waals surface area (Å²) in [5.41, 5.74) is 1.07. The van der Waals surface area contributed by atoms with Gasteiger partial charge in [0.05, 0.1) is 6.26 Å². The monoisotopic (exact) mass is 405 g/mol. The molecule has 28 heavy (non-hydrogen) atoms. The minimum Gasteiger partial charge on any atom is -0.342 e. The zero-order valence-electron chi connectivity index (χ0n) is 16.6. The molecule has 2 heterocycles. The summed E-state index contributed by atoms with van der Waals surface area (Å²) in [7, 11) is -3.28. The first-order chi connectivity index (χ1) is 13.3. The van der Waals surface area contributed by atoms with Crippen molar-refractivity contribution in [1.29, 1.82) is 0 Å². The lowest BCUT2D eigenvalue weighted by atomic mass is 9.75. The first kappa shape index (κ1) is 19.9. The van der Waals surface area contributed by atoms with Gasteiger partial charge in [-0.3, -0.25) is 9.69 Å². The van der Waals surface area contributed by atoms with E-state index in [4.69, 9.17) is 0 Å². The van der Waals surface area contributed by atoms with Gasteiger partial charge in [-0.25, -0.2) is 13.1 Å². The molecule has 7 heteroatoms. The zero-order valence-corrected chi connectivity index (χ0v) is 17.5. The SMILES string of the molecule is CS(=O)(=O)N[C@@H]1CCN(C(=O)CC2CC2)C[C@@]12CCN(Cc1ccccc1)C2. The molecule has 1 amide bonds. The van der Waals surface area contributed by atoms with Crippen molar-refractivity contribution in [3.8, 4) is 0 Å². The summed E-state index contributed by atoms with van der Waals surface area (Å²) in [5, 5.41) is 0. The van der Waals surface area contributed by atoms with E-state index in [1.807, 2.05) is 23.1 Å². The van der Waals surface area contributed by atoms with E-state index >= 15 is 0 Å². The molecule has 3 aliphatic rings. The van der Waals surface area contributed by atoms with Gasteiger partial charge in [0.25, 0.3) is 0 Å². The van der Waals surface area contributed by atoms with Crippen LogP contribution in [0.1, 0.15) is 37.7 Å². The van der Waals surface area contributed by atoms with Gasteiger partial charge in [0.15, 0.2) is 0 Å². The molecule has 1 aromatic carbocycles. The number of rotatable bonds is 6. The second-order valence-corrected chi connectivity index (χ2v) is 10.8. The normalized spacial score (nSPS) is 28.8. The lowest BCUT2D eigenvalue weighted by Crippen LogP contribution is -2.60. The van der Waals surface area contributed by atoms with Crippen LogP contribution in [0, 0.1) is 11.3 Å². The highest BCUT2D eigenvalue weighted by molar-refractivity contribution is 7.88. The largest absolute Gasteiger partial charge is 0.342 e. The summed E-state index contributed by atoms with van der Waals surface area (Å²) in [6.45, 7) is 3.93. The van der Waals surface area contributed by atoms with Crippen molar-refractivity contribution in [2.45, 2.75) is 44.7 Å². The quantitative estimate of drug-likeness (QED) is 0.784. The predicted molar refractivity (Wildman–Crippen MR) is 109 cm³/mol. The van der Waals surface area contributed by atoms with E-state index in [1.165, 1.54) is 24.7 Å². The Hall–Kier alpha value is -1.44. The summed E-state index contributed by atoms with van der Waals surface area (Å²) in [6.07, 6.45) is 5.86. The summed E-state index contributed by atoms with van der Waals surface area (Å²) in [6, 6.07) is 10.3. The van der Waals surface area contributed by atoms with E-state index in [0.29, 0.717) is 31.8 Å². The van der Waals surface area contributed by atoms with Gasteiger partial charge in [-0.15, -0.1) is 0 Å². The van der Waals surface area contributed by atoms with Crippen LogP contribution in [0.4, 0.5) is 0 Å². The van der Waals surface area contributed by atoms with Crippen LogP contribution in [0.5, 0.6) is 0 Å². The molecule has 2 aliphatic heterocycles. The fourth-order valence-corrected chi connectivity index (χ4v) is 5.77. The highest BCUT2D eigenvalue weighted by Crippen LogP contribution is 2.41. The highest BCUT2D eigenvalue weighted by atomic mass is 32.2. The summed E-state index contributed by atoms with van der Waals surface area (Å²) >= 11 is 0. The van der Waals surface area contributed by atoms with Gasteiger partial charge >= 0.3 is 0 Å². The number of nitrogens with zero attached hydrogens (tertiary/aromatic N) is 2. The lowest BCUT2D eigenvalue weighted by Gasteiger charge is -2.46. The van der Waals surface area contributed by atoms with Crippen LogP contribution in [0.2, 0.25) is 0 Å². The van der Waals surface area contributed by atoms with Crippen molar-refractivity contribution < 1.29 is 13.2 Å². The predicted octanol–water partition coefficient (Wildman–Crippen LogP) is 1.83. The molecule has 3 fully saturated rings. The summed E-state index contributed by atoms with van der Waals surface area (Å²) in [4.78, 5) is 17.1. The summed E-state index contributed by atoms with van der Waals surface area (Å²) < 4.78 is 26.8. The minimum atomic E-state index is -3.28. The number of amides is 1. The number of benzene rings is 1. The first-order valence-electron chi connectivity index (χ1n) is 10.3. The zero-order chi connectivity index (χ0) is 19.8. The third-order valence-corrected chi connectivity index (χ3v) is 7.23. The van der Waals surface area contributed by atoms with Crippen molar-refractivity contribution in [2.75, 3.05) is 32.4 Å². The molecule has 1 aliphatic carbocycles. The number of nitrogens with one attached hydrogen (secondary N) is 1. The lowest BCUT2D eigenvalue weighted by molar-refractivity contribution is -0.135. The fourth-order valence-electron chi connectivity index (χ4n) is 4.89. The standard InChI is InChI=1S/C21H31N3O3S/c1-28(26,27)22-19-9-11-24(20(25)13-17-7-8-17)16-21(19)10-12-23(15-21)14-18-5-3-2-4-6-18/h2-6,17,19,22H,7-16H2,1H3/t19-,21+/m1/s1. The Balaban J connectivity index is 1.49. The van der Waals surface area contributed by atoms with Crippen LogP contribution >= 0.6 is 0 Å². The first-order valence-corrected chi connectivity index (χ1v) is 12.2.